The van der Waals surface area contributed by atoms with Crippen LogP contribution in [0, 0.1) is 5.82 Å². The van der Waals surface area contributed by atoms with Gasteiger partial charge in [0.2, 0.25) is 0 Å². The van der Waals surface area contributed by atoms with Crippen LogP contribution in [0.5, 0.6) is 5.75 Å². The van der Waals surface area contributed by atoms with Gasteiger partial charge in [-0.1, -0.05) is 66.7 Å². The molecule has 1 atom stereocenters. The average Bonchev–Trinajstić information content (AvgIpc) is 2.78. The van der Waals surface area contributed by atoms with Gasteiger partial charge in [-0.15, -0.1) is 0 Å². The van der Waals surface area contributed by atoms with Crippen LogP contribution >= 0.6 is 0 Å². The monoisotopic (exact) mass is 407 g/mol. The Kier molecular flexibility index (Phi) is 7.57. The highest BCUT2D eigenvalue weighted by atomic mass is 19.1. The van der Waals surface area contributed by atoms with Crippen LogP contribution in [0.2, 0.25) is 0 Å². The molecule has 0 amide bonds. The quantitative estimate of drug-likeness (QED) is 0.485. The summed E-state index contributed by atoms with van der Waals surface area (Å²) < 4.78 is 24.3. The highest BCUT2D eigenvalue weighted by Crippen LogP contribution is 2.22. The average molecular weight is 407 g/mol. The van der Waals surface area contributed by atoms with E-state index in [1.165, 1.54) is 20.3 Å². The molecule has 0 bridgehead atoms. The third-order valence-electron chi connectivity index (χ3n) is 5.02. The number of benzene rings is 3. The van der Waals surface area contributed by atoms with E-state index in [2.05, 4.69) is 4.90 Å². The highest BCUT2D eigenvalue weighted by Gasteiger charge is 2.28. The highest BCUT2D eigenvalue weighted by molar-refractivity contribution is 5.76. The molecule has 5 heteroatoms. The van der Waals surface area contributed by atoms with Crippen molar-refractivity contribution in [1.82, 2.24) is 4.90 Å². The van der Waals surface area contributed by atoms with Gasteiger partial charge in [-0.3, -0.25) is 9.69 Å². The smallest absolute Gasteiger partial charge is 0.323 e. The number of hydrogen-bond donors (Lipinski definition) is 0. The van der Waals surface area contributed by atoms with Crippen LogP contribution in [0.25, 0.3) is 0 Å². The van der Waals surface area contributed by atoms with Gasteiger partial charge >= 0.3 is 5.97 Å². The Hall–Kier alpha value is -3.18. The summed E-state index contributed by atoms with van der Waals surface area (Å²) in [5.41, 5.74) is 2.88. The number of rotatable bonds is 9. The molecular formula is C25H26FNO3. The van der Waals surface area contributed by atoms with Gasteiger partial charge in [0.05, 0.1) is 14.2 Å². The number of nitrogens with zero attached hydrogens (tertiary/aromatic N) is 1. The summed E-state index contributed by atoms with van der Waals surface area (Å²) in [6, 6.07) is 24.1. The van der Waals surface area contributed by atoms with E-state index in [1.807, 2.05) is 60.7 Å². The molecule has 3 aromatic rings. The molecule has 0 heterocycles. The molecule has 0 spiro atoms. The molecular weight excluding hydrogens is 381 g/mol. The van der Waals surface area contributed by atoms with Gasteiger partial charge < -0.3 is 9.47 Å². The van der Waals surface area contributed by atoms with Crippen molar-refractivity contribution in [2.45, 2.75) is 25.6 Å². The number of carbonyl (C=O) groups is 1. The van der Waals surface area contributed by atoms with E-state index in [9.17, 15) is 9.18 Å². The maximum atomic E-state index is 14.2. The van der Waals surface area contributed by atoms with Crippen molar-refractivity contribution in [1.29, 1.82) is 0 Å². The van der Waals surface area contributed by atoms with Crippen LogP contribution in [0.1, 0.15) is 16.7 Å². The SMILES string of the molecule is COC(=O)[C@H](Cc1ccc(OC)c(F)c1)N(Cc1ccccc1)Cc1ccccc1. The Morgan fingerprint density at radius 1 is 0.867 bits per heavy atom. The number of hydrogen-bond acceptors (Lipinski definition) is 4. The van der Waals surface area contributed by atoms with E-state index in [4.69, 9.17) is 9.47 Å². The van der Waals surface area contributed by atoms with E-state index < -0.39 is 11.9 Å². The fraction of sp³-hybridized carbons (Fsp3) is 0.240. The maximum absolute atomic E-state index is 14.2. The molecule has 4 nitrogen and oxygen atoms in total. The van der Waals surface area contributed by atoms with Crippen molar-refractivity contribution in [3.8, 4) is 5.75 Å². The summed E-state index contributed by atoms with van der Waals surface area (Å²) in [4.78, 5) is 14.8. The summed E-state index contributed by atoms with van der Waals surface area (Å²) in [5.74, 6) is -0.617. The lowest BCUT2D eigenvalue weighted by Crippen LogP contribution is -2.42. The number of esters is 1. The zero-order valence-electron chi connectivity index (χ0n) is 17.3. The predicted molar refractivity (Wildman–Crippen MR) is 115 cm³/mol. The standard InChI is InChI=1S/C25H26FNO3/c1-29-24-14-13-21(15-22(24)26)16-23(25(28)30-2)27(17-19-9-5-3-6-10-19)18-20-11-7-4-8-12-20/h3-15,23H,16-18H2,1-2H3/t23-/m0/s1. The van der Waals surface area contributed by atoms with Crippen molar-refractivity contribution in [3.05, 3.63) is 101 Å². The molecule has 0 fully saturated rings. The van der Waals surface area contributed by atoms with Crippen molar-refractivity contribution >= 4 is 5.97 Å². The second-order valence-electron chi connectivity index (χ2n) is 7.09. The molecule has 0 unspecified atom stereocenters. The minimum atomic E-state index is -0.566. The third kappa shape index (κ3) is 5.67. The Morgan fingerprint density at radius 3 is 1.90 bits per heavy atom. The minimum Gasteiger partial charge on any atom is -0.494 e. The molecule has 156 valence electrons. The van der Waals surface area contributed by atoms with E-state index >= 15 is 0 Å². The molecule has 0 saturated heterocycles. The van der Waals surface area contributed by atoms with Crippen molar-refractivity contribution in [2.75, 3.05) is 14.2 Å². The molecule has 0 aromatic heterocycles. The van der Waals surface area contributed by atoms with Gasteiger partial charge in [-0.25, -0.2) is 4.39 Å². The number of carbonyl (C=O) groups excluding carboxylic acids is 1. The van der Waals surface area contributed by atoms with Crippen LogP contribution in [-0.2, 0) is 29.0 Å². The zero-order valence-corrected chi connectivity index (χ0v) is 17.3. The summed E-state index contributed by atoms with van der Waals surface area (Å²) in [5, 5.41) is 0. The summed E-state index contributed by atoms with van der Waals surface area (Å²) in [7, 11) is 2.81. The van der Waals surface area contributed by atoms with Crippen molar-refractivity contribution in [2.24, 2.45) is 0 Å². The summed E-state index contributed by atoms with van der Waals surface area (Å²) in [6.07, 6.45) is 0.327. The van der Waals surface area contributed by atoms with Gasteiger partial charge in [0, 0.05) is 13.1 Å². The summed E-state index contributed by atoms with van der Waals surface area (Å²) >= 11 is 0. The van der Waals surface area contributed by atoms with E-state index in [0.29, 0.717) is 25.1 Å². The van der Waals surface area contributed by atoms with E-state index in [0.717, 1.165) is 11.1 Å². The van der Waals surface area contributed by atoms with Crippen LogP contribution in [0.3, 0.4) is 0 Å². The first-order chi connectivity index (χ1) is 14.6. The van der Waals surface area contributed by atoms with Gasteiger partial charge in [0.1, 0.15) is 6.04 Å². The number of halogens is 1. The largest absolute Gasteiger partial charge is 0.494 e. The normalized spacial score (nSPS) is 11.9. The van der Waals surface area contributed by atoms with Crippen molar-refractivity contribution in [3.63, 3.8) is 0 Å². The zero-order chi connectivity index (χ0) is 21.3. The fourth-order valence-electron chi connectivity index (χ4n) is 3.47. The van der Waals surface area contributed by atoms with Gasteiger partial charge in [-0.2, -0.15) is 0 Å². The predicted octanol–water partition coefficient (Wildman–Crippen LogP) is 4.62. The molecule has 0 radical (unpaired) electrons. The first-order valence-electron chi connectivity index (χ1n) is 9.83. The van der Waals surface area contributed by atoms with Gasteiger partial charge in [0.25, 0.3) is 0 Å². The molecule has 30 heavy (non-hydrogen) atoms. The first-order valence-corrected chi connectivity index (χ1v) is 9.83. The Morgan fingerprint density at radius 2 is 1.43 bits per heavy atom. The third-order valence-corrected chi connectivity index (χ3v) is 5.02. The number of ether oxygens (including phenoxy) is 2. The Bertz CT molecular complexity index is 906. The molecule has 0 aliphatic heterocycles. The first kappa shape index (κ1) is 21.5. The van der Waals surface area contributed by atoms with Crippen molar-refractivity contribution < 1.29 is 18.7 Å². The van der Waals surface area contributed by atoms with E-state index in [-0.39, 0.29) is 11.7 Å². The maximum Gasteiger partial charge on any atom is 0.323 e. The topological polar surface area (TPSA) is 38.8 Å². The van der Waals surface area contributed by atoms with E-state index in [1.54, 1.807) is 12.1 Å². The number of methoxy groups -OCH3 is 2. The second-order valence-corrected chi connectivity index (χ2v) is 7.09. The molecule has 0 N–H and O–H groups in total. The fourth-order valence-corrected chi connectivity index (χ4v) is 3.47. The lowest BCUT2D eigenvalue weighted by atomic mass is 10.0. The molecule has 0 aliphatic carbocycles. The van der Waals surface area contributed by atoms with Crippen LogP contribution in [-0.4, -0.2) is 31.1 Å². The van der Waals surface area contributed by atoms with Gasteiger partial charge in [-0.05, 0) is 35.2 Å². The van der Waals surface area contributed by atoms with Crippen LogP contribution < -0.4 is 4.74 Å². The van der Waals surface area contributed by atoms with Crippen LogP contribution in [0.4, 0.5) is 4.39 Å². The Labute approximate surface area is 176 Å². The Balaban J connectivity index is 1.91. The second kappa shape index (κ2) is 10.6. The molecule has 0 aliphatic rings. The lowest BCUT2D eigenvalue weighted by Gasteiger charge is -2.30. The molecule has 3 rings (SSSR count). The lowest BCUT2D eigenvalue weighted by molar-refractivity contribution is -0.147. The molecule has 3 aromatic carbocycles. The minimum absolute atomic E-state index is 0.179. The summed E-state index contributed by atoms with van der Waals surface area (Å²) in [6.45, 7) is 1.13. The van der Waals surface area contributed by atoms with Gasteiger partial charge in [0.15, 0.2) is 11.6 Å². The molecule has 0 saturated carbocycles. The van der Waals surface area contributed by atoms with Crippen LogP contribution in [0.15, 0.2) is 78.9 Å².